The number of likely N-dealkylation sites (tertiary alicyclic amines) is 1. The average Bonchev–Trinajstić information content (AvgIpc) is 3.20. The van der Waals surface area contributed by atoms with E-state index in [1.807, 2.05) is 59.5 Å². The molecule has 0 saturated carbocycles. The minimum Gasteiger partial charge on any atom is -0.342 e. The fraction of sp³-hybridized carbons (Fsp3) is 0.238. The van der Waals surface area contributed by atoms with Gasteiger partial charge >= 0.3 is 0 Å². The van der Waals surface area contributed by atoms with Gasteiger partial charge in [-0.1, -0.05) is 36.4 Å². The normalized spacial score (nSPS) is 16.3. The third kappa shape index (κ3) is 4.28. The van der Waals surface area contributed by atoms with E-state index in [0.29, 0.717) is 24.7 Å². The van der Waals surface area contributed by atoms with Gasteiger partial charge in [0, 0.05) is 31.4 Å². The van der Waals surface area contributed by atoms with E-state index < -0.39 is 0 Å². The zero-order chi connectivity index (χ0) is 18.5. The highest BCUT2D eigenvalue weighted by atomic mass is 16.2. The van der Waals surface area contributed by atoms with Crippen LogP contribution >= 0.6 is 0 Å². The second kappa shape index (κ2) is 7.95. The van der Waals surface area contributed by atoms with Crippen LogP contribution in [0.4, 0.5) is 11.8 Å². The summed E-state index contributed by atoms with van der Waals surface area (Å²) in [6, 6.07) is 17.4. The van der Waals surface area contributed by atoms with Gasteiger partial charge in [0.25, 0.3) is 0 Å². The second-order valence-electron chi connectivity index (χ2n) is 6.63. The standard InChI is InChI=1S/C21H21N5O/c27-20(14-16-6-2-1-3-7-16)26-13-10-17(15-26)18-9-12-23-21(24-18)25-19-8-4-5-11-22-19/h1-9,11-12,17H,10,13-15H2,(H,22,23,24,25)/t17-/m0/s1. The van der Waals surface area contributed by atoms with Crippen molar-refractivity contribution in [3.63, 3.8) is 0 Å². The number of anilines is 2. The lowest BCUT2D eigenvalue weighted by atomic mass is 10.1. The van der Waals surface area contributed by atoms with Crippen molar-refractivity contribution in [2.45, 2.75) is 18.8 Å². The van der Waals surface area contributed by atoms with E-state index in [9.17, 15) is 4.79 Å². The largest absolute Gasteiger partial charge is 0.342 e. The number of rotatable bonds is 5. The third-order valence-corrected chi connectivity index (χ3v) is 4.74. The lowest BCUT2D eigenvalue weighted by Gasteiger charge is -2.16. The van der Waals surface area contributed by atoms with Crippen LogP contribution in [0.25, 0.3) is 0 Å². The summed E-state index contributed by atoms with van der Waals surface area (Å²) < 4.78 is 0. The summed E-state index contributed by atoms with van der Waals surface area (Å²) in [5, 5.41) is 3.12. The van der Waals surface area contributed by atoms with Gasteiger partial charge in [-0.2, -0.15) is 0 Å². The molecule has 0 radical (unpaired) electrons. The van der Waals surface area contributed by atoms with Crippen LogP contribution < -0.4 is 5.32 Å². The molecule has 1 fully saturated rings. The van der Waals surface area contributed by atoms with Crippen LogP contribution in [0.3, 0.4) is 0 Å². The van der Waals surface area contributed by atoms with Gasteiger partial charge < -0.3 is 10.2 Å². The van der Waals surface area contributed by atoms with Crippen molar-refractivity contribution in [3.8, 4) is 0 Å². The summed E-state index contributed by atoms with van der Waals surface area (Å²) in [6.07, 6.45) is 4.84. The summed E-state index contributed by atoms with van der Waals surface area (Å²) >= 11 is 0. The molecule has 1 aliphatic rings. The SMILES string of the molecule is O=C(Cc1ccccc1)N1CC[C@H](c2ccnc(Nc3ccccn3)n2)C1. The van der Waals surface area contributed by atoms with Crippen molar-refractivity contribution in [1.82, 2.24) is 19.9 Å². The van der Waals surface area contributed by atoms with Crippen molar-refractivity contribution >= 4 is 17.7 Å². The van der Waals surface area contributed by atoms with Crippen molar-refractivity contribution in [1.29, 1.82) is 0 Å². The molecule has 136 valence electrons. The molecule has 1 aliphatic heterocycles. The first-order chi connectivity index (χ1) is 13.3. The number of carbonyl (C=O) groups excluding carboxylic acids is 1. The molecule has 3 aromatic rings. The lowest BCUT2D eigenvalue weighted by Crippen LogP contribution is -2.29. The first-order valence-corrected chi connectivity index (χ1v) is 9.10. The molecule has 0 spiro atoms. The highest BCUT2D eigenvalue weighted by Crippen LogP contribution is 2.27. The van der Waals surface area contributed by atoms with Crippen LogP contribution in [0.1, 0.15) is 23.6 Å². The van der Waals surface area contributed by atoms with Crippen LogP contribution in [0.2, 0.25) is 0 Å². The first-order valence-electron chi connectivity index (χ1n) is 9.10. The fourth-order valence-electron chi connectivity index (χ4n) is 3.32. The summed E-state index contributed by atoms with van der Waals surface area (Å²) in [5.41, 5.74) is 2.01. The molecule has 6 nitrogen and oxygen atoms in total. The summed E-state index contributed by atoms with van der Waals surface area (Å²) in [5.74, 6) is 1.64. The van der Waals surface area contributed by atoms with E-state index in [1.165, 1.54) is 0 Å². The Balaban J connectivity index is 1.40. The van der Waals surface area contributed by atoms with Gasteiger partial charge in [0.1, 0.15) is 5.82 Å². The van der Waals surface area contributed by atoms with Crippen molar-refractivity contribution in [2.75, 3.05) is 18.4 Å². The summed E-state index contributed by atoms with van der Waals surface area (Å²) in [7, 11) is 0. The van der Waals surface area contributed by atoms with E-state index >= 15 is 0 Å². The van der Waals surface area contributed by atoms with Crippen molar-refractivity contribution in [2.24, 2.45) is 0 Å². The number of amides is 1. The second-order valence-corrected chi connectivity index (χ2v) is 6.63. The molecule has 27 heavy (non-hydrogen) atoms. The molecule has 2 aromatic heterocycles. The summed E-state index contributed by atoms with van der Waals surface area (Å²) in [4.78, 5) is 27.6. The maximum atomic E-state index is 12.6. The monoisotopic (exact) mass is 359 g/mol. The quantitative estimate of drug-likeness (QED) is 0.758. The molecule has 6 heteroatoms. The maximum absolute atomic E-state index is 12.6. The Morgan fingerprint density at radius 1 is 1.04 bits per heavy atom. The van der Waals surface area contributed by atoms with Crippen LogP contribution in [0.5, 0.6) is 0 Å². The van der Waals surface area contributed by atoms with Gasteiger partial charge in [0.2, 0.25) is 11.9 Å². The molecule has 1 N–H and O–H groups in total. The number of aromatic nitrogens is 3. The lowest BCUT2D eigenvalue weighted by molar-refractivity contribution is -0.129. The highest BCUT2D eigenvalue weighted by Gasteiger charge is 2.28. The predicted octanol–water partition coefficient (Wildman–Crippen LogP) is 3.17. The number of carbonyl (C=O) groups is 1. The molecular formula is C21H21N5O. The molecule has 0 aliphatic carbocycles. The number of benzene rings is 1. The molecule has 0 unspecified atom stereocenters. The molecule has 4 rings (SSSR count). The van der Waals surface area contributed by atoms with E-state index in [2.05, 4.69) is 20.3 Å². The Labute approximate surface area is 158 Å². The number of nitrogens with one attached hydrogen (secondary N) is 1. The molecule has 0 bridgehead atoms. The topological polar surface area (TPSA) is 71.0 Å². The van der Waals surface area contributed by atoms with Crippen molar-refractivity contribution < 1.29 is 4.79 Å². The Morgan fingerprint density at radius 3 is 2.70 bits per heavy atom. The third-order valence-electron chi connectivity index (χ3n) is 4.74. The smallest absolute Gasteiger partial charge is 0.228 e. The Kier molecular flexibility index (Phi) is 5.05. The fourth-order valence-corrected chi connectivity index (χ4v) is 3.32. The Morgan fingerprint density at radius 2 is 1.89 bits per heavy atom. The highest BCUT2D eigenvalue weighted by molar-refractivity contribution is 5.79. The van der Waals surface area contributed by atoms with Gasteiger partial charge in [0.15, 0.2) is 0 Å². The van der Waals surface area contributed by atoms with Crippen LogP contribution in [-0.2, 0) is 11.2 Å². The first kappa shape index (κ1) is 17.1. The van der Waals surface area contributed by atoms with Gasteiger partial charge in [-0.25, -0.2) is 15.0 Å². The number of hydrogen-bond acceptors (Lipinski definition) is 5. The minimum atomic E-state index is 0.171. The Bertz CT molecular complexity index is 901. The molecule has 1 amide bonds. The Hall–Kier alpha value is -3.28. The predicted molar refractivity (Wildman–Crippen MR) is 104 cm³/mol. The zero-order valence-corrected chi connectivity index (χ0v) is 15.0. The average molecular weight is 359 g/mol. The summed E-state index contributed by atoms with van der Waals surface area (Å²) in [6.45, 7) is 1.47. The van der Waals surface area contributed by atoms with Gasteiger partial charge in [-0.15, -0.1) is 0 Å². The van der Waals surface area contributed by atoms with E-state index in [-0.39, 0.29) is 11.8 Å². The van der Waals surface area contributed by atoms with Crippen LogP contribution in [-0.4, -0.2) is 38.8 Å². The molecule has 3 heterocycles. The number of nitrogens with zero attached hydrogens (tertiary/aromatic N) is 4. The maximum Gasteiger partial charge on any atom is 0.228 e. The molecule has 1 aromatic carbocycles. The molecule has 1 atom stereocenters. The van der Waals surface area contributed by atoms with Crippen molar-refractivity contribution in [3.05, 3.63) is 78.2 Å². The van der Waals surface area contributed by atoms with Gasteiger partial charge in [-0.05, 0) is 30.2 Å². The minimum absolute atomic E-state index is 0.171. The van der Waals surface area contributed by atoms with Gasteiger partial charge in [-0.3, -0.25) is 4.79 Å². The number of pyridine rings is 1. The molecular weight excluding hydrogens is 338 g/mol. The van der Waals surface area contributed by atoms with Crippen LogP contribution in [0.15, 0.2) is 67.0 Å². The number of hydrogen-bond donors (Lipinski definition) is 1. The molecule has 1 saturated heterocycles. The zero-order valence-electron chi connectivity index (χ0n) is 15.0. The van der Waals surface area contributed by atoms with E-state index in [0.717, 1.165) is 24.2 Å². The van der Waals surface area contributed by atoms with Gasteiger partial charge in [0.05, 0.1) is 12.1 Å². The van der Waals surface area contributed by atoms with Crippen LogP contribution in [0, 0.1) is 0 Å². The van der Waals surface area contributed by atoms with E-state index in [1.54, 1.807) is 12.4 Å². The van der Waals surface area contributed by atoms with E-state index in [4.69, 9.17) is 0 Å².